The number of benzene rings is 1. The van der Waals surface area contributed by atoms with Crippen molar-refractivity contribution in [1.82, 2.24) is 19.7 Å². The van der Waals surface area contributed by atoms with Crippen LogP contribution >= 0.6 is 0 Å². The van der Waals surface area contributed by atoms with Gasteiger partial charge in [0.2, 0.25) is 0 Å². The molecule has 4 aromatic rings. The number of hydrogen-bond acceptors (Lipinski definition) is 5. The number of pyridine rings is 2. The lowest BCUT2D eigenvalue weighted by molar-refractivity contribution is -0.207. The quantitative estimate of drug-likeness (QED) is 0.445. The largest absolute Gasteiger partial charge is 0.420 e. The number of alkyl halides is 3. The number of nitrogens with zero attached hydrogens (tertiary/aromatic N) is 4. The first-order chi connectivity index (χ1) is 15.3. The molecule has 3 heterocycles. The van der Waals surface area contributed by atoms with Crippen LogP contribution in [0.1, 0.15) is 43.3 Å². The van der Waals surface area contributed by atoms with Crippen LogP contribution in [-0.2, 0) is 0 Å². The molecule has 1 aromatic carbocycles. The van der Waals surface area contributed by atoms with Crippen molar-refractivity contribution in [2.24, 2.45) is 5.73 Å². The molecule has 4 rings (SSSR count). The molecule has 32 heavy (non-hydrogen) atoms. The van der Waals surface area contributed by atoms with Gasteiger partial charge in [-0.05, 0) is 36.8 Å². The maximum Gasteiger partial charge on any atom is 0.420 e. The first-order valence-electron chi connectivity index (χ1n) is 10.2. The number of halogens is 3. The van der Waals surface area contributed by atoms with Crippen molar-refractivity contribution in [3.63, 3.8) is 0 Å². The first kappa shape index (κ1) is 21.9. The average molecular weight is 441 g/mol. The molecule has 2 atom stereocenters. The third kappa shape index (κ3) is 4.35. The highest BCUT2D eigenvalue weighted by Gasteiger charge is 2.40. The third-order valence-electron chi connectivity index (χ3n) is 5.18. The van der Waals surface area contributed by atoms with E-state index in [1.54, 1.807) is 6.20 Å². The number of aromatic nitrogens is 4. The molecule has 0 amide bonds. The van der Waals surface area contributed by atoms with E-state index in [1.165, 1.54) is 16.8 Å². The van der Waals surface area contributed by atoms with Crippen LogP contribution in [0.3, 0.4) is 0 Å². The maximum atomic E-state index is 12.9. The Balaban J connectivity index is 1.74. The number of aliphatic hydroxyl groups is 1. The Bertz CT molecular complexity index is 1240. The van der Waals surface area contributed by atoms with Crippen LogP contribution in [-0.4, -0.2) is 31.0 Å². The second kappa shape index (κ2) is 8.68. The molecule has 0 spiro atoms. The monoisotopic (exact) mass is 441 g/mol. The molecule has 6 nitrogen and oxygen atoms in total. The van der Waals surface area contributed by atoms with E-state index in [1.807, 2.05) is 36.4 Å². The van der Waals surface area contributed by atoms with E-state index in [9.17, 15) is 18.3 Å². The van der Waals surface area contributed by atoms with E-state index >= 15 is 0 Å². The predicted octanol–water partition coefficient (Wildman–Crippen LogP) is 4.88. The molecule has 0 radical (unpaired) electrons. The van der Waals surface area contributed by atoms with Crippen LogP contribution in [0.2, 0.25) is 0 Å². The minimum Gasteiger partial charge on any atom is -0.378 e. The number of nitrogens with two attached hydrogens (primary N) is 1. The van der Waals surface area contributed by atoms with Crippen molar-refractivity contribution in [3.8, 4) is 17.1 Å². The lowest BCUT2D eigenvalue weighted by Gasteiger charge is -2.14. The number of rotatable bonds is 6. The van der Waals surface area contributed by atoms with Crippen molar-refractivity contribution in [3.05, 3.63) is 72.2 Å². The molecule has 9 heteroatoms. The standard InChI is InChI=1S/C23H22F3N5O/c1-2-5-16(27)18-7-3-6-17(29-18)14-10-11-15-13-28-31(20(15)12-14)21-9-4-8-19(30-21)22(32)23(24,25)26/h3-4,6-13,16,22,32H,2,5,27H2,1H3/t16-,22+/m0/s1. The molecule has 0 saturated carbocycles. The van der Waals surface area contributed by atoms with E-state index in [2.05, 4.69) is 17.0 Å². The summed E-state index contributed by atoms with van der Waals surface area (Å²) in [6, 6.07) is 15.2. The van der Waals surface area contributed by atoms with Gasteiger partial charge in [-0.1, -0.05) is 37.6 Å². The number of fused-ring (bicyclic) bond motifs is 1. The number of hydrogen-bond donors (Lipinski definition) is 2. The molecular weight excluding hydrogens is 419 g/mol. The Labute approximate surface area is 182 Å². The second-order valence-corrected chi connectivity index (χ2v) is 7.54. The highest BCUT2D eigenvalue weighted by Crippen LogP contribution is 2.32. The van der Waals surface area contributed by atoms with Gasteiger partial charge in [0.25, 0.3) is 0 Å². The van der Waals surface area contributed by atoms with Gasteiger partial charge >= 0.3 is 6.18 Å². The lowest BCUT2D eigenvalue weighted by atomic mass is 10.1. The molecule has 3 aromatic heterocycles. The minimum absolute atomic E-state index is 0.152. The SMILES string of the molecule is CCC[C@H](N)c1cccc(-c2ccc3cnn(-c4cccc([C@@H](O)C(F)(F)F)n4)c3c2)n1. The van der Waals surface area contributed by atoms with Gasteiger partial charge in [0, 0.05) is 17.0 Å². The highest BCUT2D eigenvalue weighted by atomic mass is 19.4. The van der Waals surface area contributed by atoms with Gasteiger partial charge in [0.1, 0.15) is 0 Å². The predicted molar refractivity (Wildman–Crippen MR) is 115 cm³/mol. The summed E-state index contributed by atoms with van der Waals surface area (Å²) in [4.78, 5) is 8.68. The Morgan fingerprint density at radius 1 is 1.03 bits per heavy atom. The molecule has 0 fully saturated rings. The zero-order valence-electron chi connectivity index (χ0n) is 17.3. The van der Waals surface area contributed by atoms with E-state index in [-0.39, 0.29) is 11.9 Å². The fraction of sp³-hybridized carbons (Fsp3) is 0.261. The van der Waals surface area contributed by atoms with Crippen molar-refractivity contribution in [2.75, 3.05) is 0 Å². The second-order valence-electron chi connectivity index (χ2n) is 7.54. The number of aliphatic hydroxyl groups excluding tert-OH is 1. The molecule has 3 N–H and O–H groups in total. The summed E-state index contributed by atoms with van der Waals surface area (Å²) in [6.07, 6.45) is -4.09. The molecule has 0 aliphatic rings. The minimum atomic E-state index is -4.81. The van der Waals surface area contributed by atoms with Gasteiger partial charge < -0.3 is 10.8 Å². The van der Waals surface area contributed by atoms with Gasteiger partial charge in [-0.3, -0.25) is 4.98 Å². The fourth-order valence-electron chi connectivity index (χ4n) is 3.52. The zero-order valence-corrected chi connectivity index (χ0v) is 17.3. The van der Waals surface area contributed by atoms with Crippen LogP contribution in [0.5, 0.6) is 0 Å². The smallest absolute Gasteiger partial charge is 0.378 e. The van der Waals surface area contributed by atoms with Gasteiger partial charge in [-0.15, -0.1) is 0 Å². The summed E-state index contributed by atoms with van der Waals surface area (Å²) in [5.74, 6) is 0.171. The summed E-state index contributed by atoms with van der Waals surface area (Å²) < 4.78 is 40.2. The van der Waals surface area contributed by atoms with E-state index in [0.29, 0.717) is 5.52 Å². The third-order valence-corrected chi connectivity index (χ3v) is 5.18. The van der Waals surface area contributed by atoms with Crippen LogP contribution in [0.25, 0.3) is 28.0 Å². The van der Waals surface area contributed by atoms with Crippen molar-refractivity contribution < 1.29 is 18.3 Å². The summed E-state index contributed by atoms with van der Waals surface area (Å²) in [5, 5.41) is 14.6. The van der Waals surface area contributed by atoms with Crippen LogP contribution in [0, 0.1) is 0 Å². The van der Waals surface area contributed by atoms with Crippen LogP contribution < -0.4 is 5.73 Å². The highest BCUT2D eigenvalue weighted by molar-refractivity contribution is 5.84. The molecular formula is C23H22F3N5O. The lowest BCUT2D eigenvalue weighted by Crippen LogP contribution is -2.21. The topological polar surface area (TPSA) is 89.8 Å². The van der Waals surface area contributed by atoms with Crippen molar-refractivity contribution in [2.45, 2.75) is 38.1 Å². The average Bonchev–Trinajstić information content (AvgIpc) is 3.21. The van der Waals surface area contributed by atoms with Gasteiger partial charge in [0.05, 0.1) is 28.8 Å². The summed E-state index contributed by atoms with van der Waals surface area (Å²) >= 11 is 0. The van der Waals surface area contributed by atoms with Gasteiger partial charge in [-0.25, -0.2) is 9.67 Å². The first-order valence-corrected chi connectivity index (χ1v) is 10.2. The fourth-order valence-corrected chi connectivity index (χ4v) is 3.52. The molecule has 0 bridgehead atoms. The Kier molecular flexibility index (Phi) is 5.94. The Morgan fingerprint density at radius 3 is 2.53 bits per heavy atom. The van der Waals surface area contributed by atoms with Crippen molar-refractivity contribution in [1.29, 1.82) is 0 Å². The van der Waals surface area contributed by atoms with Gasteiger partial charge in [-0.2, -0.15) is 18.3 Å². The molecule has 0 aliphatic carbocycles. The van der Waals surface area contributed by atoms with E-state index in [4.69, 9.17) is 10.7 Å². The van der Waals surface area contributed by atoms with Gasteiger partial charge in [0.15, 0.2) is 11.9 Å². The normalized spacial score (nSPS) is 13.9. The van der Waals surface area contributed by atoms with Crippen molar-refractivity contribution >= 4 is 10.9 Å². The summed E-state index contributed by atoms with van der Waals surface area (Å²) in [5.41, 5.74) is 8.72. The Morgan fingerprint density at radius 2 is 1.78 bits per heavy atom. The summed E-state index contributed by atoms with van der Waals surface area (Å²) in [7, 11) is 0. The zero-order chi connectivity index (χ0) is 22.9. The Hall–Kier alpha value is -3.30. The molecule has 0 unspecified atom stereocenters. The van der Waals surface area contributed by atoms with Crippen LogP contribution in [0.4, 0.5) is 13.2 Å². The van der Waals surface area contributed by atoms with E-state index in [0.717, 1.165) is 41.2 Å². The molecule has 0 aliphatic heterocycles. The van der Waals surface area contributed by atoms with E-state index < -0.39 is 18.0 Å². The van der Waals surface area contributed by atoms with Crippen LogP contribution in [0.15, 0.2) is 60.8 Å². The summed E-state index contributed by atoms with van der Waals surface area (Å²) in [6.45, 7) is 2.07. The molecule has 0 saturated heterocycles. The maximum absolute atomic E-state index is 12.9. The molecule has 166 valence electrons.